The zero-order chi connectivity index (χ0) is 12.1. The van der Waals surface area contributed by atoms with Crippen molar-refractivity contribution in [3.05, 3.63) is 0 Å². The Morgan fingerprint density at radius 2 is 1.73 bits per heavy atom. The molecule has 0 radical (unpaired) electrons. The van der Waals surface area contributed by atoms with E-state index in [2.05, 4.69) is 22.9 Å². The molecule has 0 aliphatic rings. The van der Waals surface area contributed by atoms with Gasteiger partial charge < -0.3 is 4.90 Å². The Hall–Kier alpha value is 0.230. The molecule has 0 aliphatic heterocycles. The third kappa shape index (κ3) is 6.40. The summed E-state index contributed by atoms with van der Waals surface area (Å²) >= 11 is 2.68. The molecule has 0 aromatic rings. The van der Waals surface area contributed by atoms with E-state index in [0.29, 0.717) is 12.5 Å². The van der Waals surface area contributed by atoms with Gasteiger partial charge in [-0.25, -0.2) is 0 Å². The first-order valence-electron chi connectivity index (χ1n) is 5.24. The minimum atomic E-state index is -4.15. The minimum absolute atomic E-state index is 0.0321. The lowest BCUT2D eigenvalue weighted by Gasteiger charge is -2.26. The molecule has 0 heterocycles. The molecular formula is C10H19BrF3N. The predicted molar refractivity (Wildman–Crippen MR) is 60.3 cm³/mol. The molecule has 0 saturated carbocycles. The predicted octanol–water partition coefficient (Wildman–Crippen LogP) is 3.68. The summed E-state index contributed by atoms with van der Waals surface area (Å²) in [5.41, 5.74) is 0. The van der Waals surface area contributed by atoms with Crippen LogP contribution in [0.4, 0.5) is 13.2 Å². The maximum Gasteiger partial charge on any atom is 0.402 e. The van der Waals surface area contributed by atoms with Gasteiger partial charge in [0.15, 0.2) is 0 Å². The van der Waals surface area contributed by atoms with E-state index in [9.17, 15) is 13.2 Å². The van der Waals surface area contributed by atoms with Crippen LogP contribution in [0.1, 0.15) is 27.2 Å². The summed E-state index contributed by atoms with van der Waals surface area (Å²) in [6.45, 7) is 7.41. The maximum atomic E-state index is 12.3. The average Bonchev–Trinajstić information content (AvgIpc) is 2.14. The third-order valence-electron chi connectivity index (χ3n) is 2.49. The molecule has 0 saturated heterocycles. The molecule has 2 atom stereocenters. The fourth-order valence-corrected chi connectivity index (χ4v) is 1.64. The molecule has 0 bridgehead atoms. The largest absolute Gasteiger partial charge is 0.402 e. The molecule has 1 nitrogen and oxygen atoms in total. The maximum absolute atomic E-state index is 12.3. The van der Waals surface area contributed by atoms with E-state index in [4.69, 9.17) is 0 Å². The first kappa shape index (κ1) is 15.2. The number of hydrogen-bond donors (Lipinski definition) is 0. The van der Waals surface area contributed by atoms with E-state index in [1.54, 1.807) is 0 Å². The Morgan fingerprint density at radius 3 is 2.07 bits per heavy atom. The van der Waals surface area contributed by atoms with E-state index >= 15 is 0 Å². The van der Waals surface area contributed by atoms with Gasteiger partial charge in [0.1, 0.15) is 4.83 Å². The summed E-state index contributed by atoms with van der Waals surface area (Å²) in [5, 5.41) is 0. The molecule has 0 fully saturated rings. The van der Waals surface area contributed by atoms with Gasteiger partial charge >= 0.3 is 6.18 Å². The Labute approximate surface area is 98.1 Å². The highest BCUT2D eigenvalue weighted by Gasteiger charge is 2.38. The number of hydrogen-bond acceptors (Lipinski definition) is 1. The average molecular weight is 290 g/mol. The van der Waals surface area contributed by atoms with Crippen molar-refractivity contribution in [3.63, 3.8) is 0 Å². The summed E-state index contributed by atoms with van der Waals surface area (Å²) in [7, 11) is 0. The fourth-order valence-electron chi connectivity index (χ4n) is 1.23. The van der Waals surface area contributed by atoms with Gasteiger partial charge in [0.2, 0.25) is 0 Å². The third-order valence-corrected chi connectivity index (χ3v) is 3.30. The zero-order valence-corrected chi connectivity index (χ0v) is 11.0. The van der Waals surface area contributed by atoms with Gasteiger partial charge in [-0.2, -0.15) is 13.2 Å². The van der Waals surface area contributed by atoms with Gasteiger partial charge in [0, 0.05) is 13.1 Å². The molecule has 15 heavy (non-hydrogen) atoms. The van der Waals surface area contributed by atoms with Gasteiger partial charge in [0.05, 0.1) is 0 Å². The van der Waals surface area contributed by atoms with E-state index in [1.165, 1.54) is 0 Å². The van der Waals surface area contributed by atoms with Gasteiger partial charge in [-0.3, -0.25) is 0 Å². The lowest BCUT2D eigenvalue weighted by molar-refractivity contribution is -0.130. The molecular weight excluding hydrogens is 271 g/mol. The smallest absolute Gasteiger partial charge is 0.302 e. The van der Waals surface area contributed by atoms with Crippen molar-refractivity contribution < 1.29 is 13.2 Å². The van der Waals surface area contributed by atoms with Gasteiger partial charge in [-0.15, -0.1) is 0 Å². The molecule has 0 aromatic heterocycles. The Bertz CT molecular complexity index is 173. The number of halogens is 4. The first-order valence-corrected chi connectivity index (χ1v) is 6.15. The van der Waals surface area contributed by atoms with Crippen LogP contribution in [0.3, 0.4) is 0 Å². The zero-order valence-electron chi connectivity index (χ0n) is 9.44. The topological polar surface area (TPSA) is 3.24 Å². The molecule has 0 rings (SSSR count). The van der Waals surface area contributed by atoms with Crippen LogP contribution in [0, 0.1) is 5.92 Å². The lowest BCUT2D eigenvalue weighted by Crippen LogP contribution is -2.39. The second-order valence-corrected chi connectivity index (χ2v) is 4.98. The second-order valence-electron chi connectivity index (χ2n) is 3.87. The summed E-state index contributed by atoms with van der Waals surface area (Å²) in [4.78, 5) is 0.412. The van der Waals surface area contributed by atoms with Gasteiger partial charge in [-0.05, 0) is 12.5 Å². The lowest BCUT2D eigenvalue weighted by atomic mass is 10.1. The Morgan fingerprint density at radius 1 is 1.20 bits per heavy atom. The van der Waals surface area contributed by atoms with Crippen molar-refractivity contribution in [2.45, 2.75) is 38.2 Å². The highest BCUT2D eigenvalue weighted by molar-refractivity contribution is 9.09. The number of nitrogens with zero attached hydrogens (tertiary/aromatic N) is 1. The van der Waals surface area contributed by atoms with Crippen molar-refractivity contribution in [3.8, 4) is 0 Å². The van der Waals surface area contributed by atoms with Crippen molar-refractivity contribution in [1.82, 2.24) is 4.90 Å². The number of alkyl halides is 4. The van der Waals surface area contributed by atoms with Crippen LogP contribution in [-0.2, 0) is 0 Å². The van der Waals surface area contributed by atoms with Crippen molar-refractivity contribution in [2.75, 3.05) is 19.6 Å². The highest BCUT2D eigenvalue weighted by Crippen LogP contribution is 2.27. The van der Waals surface area contributed by atoms with E-state index in [1.807, 2.05) is 18.7 Å². The number of rotatable bonds is 6. The highest BCUT2D eigenvalue weighted by atomic mass is 79.9. The van der Waals surface area contributed by atoms with Crippen LogP contribution in [0.15, 0.2) is 0 Å². The molecule has 0 amide bonds. The Kier molecular flexibility index (Phi) is 6.84. The normalized spacial score (nSPS) is 16.8. The van der Waals surface area contributed by atoms with Gasteiger partial charge in [0.25, 0.3) is 0 Å². The first-order chi connectivity index (χ1) is 6.81. The van der Waals surface area contributed by atoms with Crippen LogP contribution in [0.5, 0.6) is 0 Å². The molecule has 2 unspecified atom stereocenters. The standard InChI is InChI=1S/C10H19BrF3N/c1-4-8(3)6-15(5-2)7-9(11)10(12,13)14/h8-9H,4-7H2,1-3H3. The van der Waals surface area contributed by atoms with Crippen LogP contribution >= 0.6 is 15.9 Å². The van der Waals surface area contributed by atoms with Crippen molar-refractivity contribution in [1.29, 1.82) is 0 Å². The second kappa shape index (κ2) is 6.74. The monoisotopic (exact) mass is 289 g/mol. The molecule has 0 spiro atoms. The van der Waals surface area contributed by atoms with Crippen LogP contribution < -0.4 is 0 Å². The molecule has 0 N–H and O–H groups in total. The van der Waals surface area contributed by atoms with E-state index in [-0.39, 0.29) is 6.54 Å². The summed E-state index contributed by atoms with van der Waals surface area (Å²) in [6, 6.07) is 0. The molecule has 5 heteroatoms. The quantitative estimate of drug-likeness (QED) is 0.674. The summed E-state index contributed by atoms with van der Waals surface area (Å²) in [5.74, 6) is 0.442. The summed E-state index contributed by atoms with van der Waals surface area (Å²) in [6.07, 6.45) is -3.15. The molecule has 92 valence electrons. The summed E-state index contributed by atoms with van der Waals surface area (Å²) < 4.78 is 36.9. The van der Waals surface area contributed by atoms with E-state index in [0.717, 1.165) is 13.0 Å². The van der Waals surface area contributed by atoms with E-state index < -0.39 is 11.0 Å². The van der Waals surface area contributed by atoms with Gasteiger partial charge in [-0.1, -0.05) is 43.1 Å². The van der Waals surface area contributed by atoms with Crippen LogP contribution in [0.2, 0.25) is 0 Å². The Balaban J connectivity index is 4.10. The SMILES string of the molecule is CCC(C)CN(CC)CC(Br)C(F)(F)F. The van der Waals surface area contributed by atoms with Crippen molar-refractivity contribution >= 4 is 15.9 Å². The fraction of sp³-hybridized carbons (Fsp3) is 1.00. The molecule has 0 aromatic carbocycles. The molecule has 0 aliphatic carbocycles. The minimum Gasteiger partial charge on any atom is -0.302 e. The van der Waals surface area contributed by atoms with Crippen LogP contribution in [0.25, 0.3) is 0 Å². The van der Waals surface area contributed by atoms with Crippen LogP contribution in [-0.4, -0.2) is 35.5 Å². The van der Waals surface area contributed by atoms with Crippen molar-refractivity contribution in [2.24, 2.45) is 5.92 Å².